The van der Waals surface area contributed by atoms with Gasteiger partial charge in [0.25, 0.3) is 0 Å². The molecular formula is C19H27N. The highest BCUT2D eigenvalue weighted by Crippen LogP contribution is 2.10. The molecule has 0 unspecified atom stereocenters. The van der Waals surface area contributed by atoms with Crippen LogP contribution in [0, 0.1) is 0 Å². The zero-order chi connectivity index (χ0) is 14.6. The molecule has 0 spiro atoms. The van der Waals surface area contributed by atoms with Crippen LogP contribution < -0.4 is 0 Å². The van der Waals surface area contributed by atoms with Crippen LogP contribution in [0.1, 0.15) is 38.3 Å². The largest absolute Gasteiger partial charge is 0.295 e. The van der Waals surface area contributed by atoms with Crippen LogP contribution in [0.5, 0.6) is 0 Å². The normalized spacial score (nSPS) is 10.0. The van der Waals surface area contributed by atoms with Gasteiger partial charge in [0.05, 0.1) is 0 Å². The summed E-state index contributed by atoms with van der Waals surface area (Å²) in [6, 6.07) is 21.4. The van der Waals surface area contributed by atoms with E-state index in [1.807, 2.05) is 13.8 Å². The molecule has 2 rings (SSSR count). The van der Waals surface area contributed by atoms with E-state index in [4.69, 9.17) is 0 Å². The Balaban J connectivity index is 0.000000956. The van der Waals surface area contributed by atoms with Gasteiger partial charge in [-0.05, 0) is 24.1 Å². The Labute approximate surface area is 124 Å². The molecule has 0 radical (unpaired) electrons. The van der Waals surface area contributed by atoms with Gasteiger partial charge in [0.1, 0.15) is 0 Å². The molecule has 0 aliphatic rings. The quantitative estimate of drug-likeness (QED) is 0.703. The molecule has 0 saturated heterocycles. The van der Waals surface area contributed by atoms with Crippen molar-refractivity contribution in [2.45, 2.75) is 40.3 Å². The van der Waals surface area contributed by atoms with Crippen LogP contribution in [0.25, 0.3) is 0 Å². The van der Waals surface area contributed by atoms with Crippen LogP contribution in [-0.2, 0) is 13.1 Å². The molecule has 0 aromatic heterocycles. The van der Waals surface area contributed by atoms with Crippen LogP contribution in [0.2, 0.25) is 0 Å². The van der Waals surface area contributed by atoms with Crippen LogP contribution >= 0.6 is 0 Å². The molecule has 0 bridgehead atoms. The molecule has 0 amide bonds. The van der Waals surface area contributed by atoms with E-state index in [1.54, 1.807) is 0 Å². The van der Waals surface area contributed by atoms with E-state index < -0.39 is 0 Å². The van der Waals surface area contributed by atoms with Gasteiger partial charge in [-0.2, -0.15) is 0 Å². The van der Waals surface area contributed by atoms with Crippen molar-refractivity contribution in [2.24, 2.45) is 0 Å². The van der Waals surface area contributed by atoms with E-state index in [1.165, 1.54) is 17.5 Å². The minimum absolute atomic E-state index is 1.03. The lowest BCUT2D eigenvalue weighted by Gasteiger charge is -2.21. The number of hydrogen-bond donors (Lipinski definition) is 0. The molecule has 0 aliphatic carbocycles. The van der Waals surface area contributed by atoms with Crippen molar-refractivity contribution in [2.75, 3.05) is 6.54 Å². The zero-order valence-corrected chi connectivity index (χ0v) is 13.0. The van der Waals surface area contributed by atoms with E-state index in [2.05, 4.69) is 72.5 Å². The van der Waals surface area contributed by atoms with E-state index in [0.717, 1.165) is 19.6 Å². The minimum atomic E-state index is 1.03. The van der Waals surface area contributed by atoms with Crippen LogP contribution in [0.3, 0.4) is 0 Å². The van der Waals surface area contributed by atoms with Gasteiger partial charge in [-0.1, -0.05) is 81.4 Å². The SMILES string of the molecule is CC.CCCN(Cc1ccccc1)Cc1ccccc1. The first-order valence-electron chi connectivity index (χ1n) is 7.68. The standard InChI is InChI=1S/C17H21N.C2H6/c1-2-13-18(14-16-9-5-3-6-10-16)15-17-11-7-4-8-12-17;1-2/h3-12H,2,13-15H2,1H3;1-2H3. The second kappa shape index (κ2) is 10.2. The fourth-order valence-corrected chi connectivity index (χ4v) is 2.21. The highest BCUT2D eigenvalue weighted by atomic mass is 15.1. The molecule has 20 heavy (non-hydrogen) atoms. The number of hydrogen-bond acceptors (Lipinski definition) is 1. The maximum atomic E-state index is 2.50. The summed E-state index contributed by atoms with van der Waals surface area (Å²) in [5.41, 5.74) is 2.78. The lowest BCUT2D eigenvalue weighted by molar-refractivity contribution is 0.257. The van der Waals surface area contributed by atoms with E-state index in [9.17, 15) is 0 Å². The first-order valence-corrected chi connectivity index (χ1v) is 7.68. The van der Waals surface area contributed by atoms with Crippen molar-refractivity contribution in [1.82, 2.24) is 4.90 Å². The molecule has 0 saturated carbocycles. The van der Waals surface area contributed by atoms with Gasteiger partial charge in [0.2, 0.25) is 0 Å². The Hall–Kier alpha value is -1.60. The highest BCUT2D eigenvalue weighted by molar-refractivity contribution is 5.17. The van der Waals surface area contributed by atoms with Crippen LogP contribution in [0.4, 0.5) is 0 Å². The summed E-state index contributed by atoms with van der Waals surface area (Å²) >= 11 is 0. The van der Waals surface area contributed by atoms with Gasteiger partial charge < -0.3 is 0 Å². The number of rotatable bonds is 6. The third kappa shape index (κ3) is 6.03. The zero-order valence-electron chi connectivity index (χ0n) is 13.0. The molecule has 0 aliphatic heterocycles. The van der Waals surface area contributed by atoms with Crippen molar-refractivity contribution in [3.8, 4) is 0 Å². The van der Waals surface area contributed by atoms with Gasteiger partial charge in [0.15, 0.2) is 0 Å². The Morgan fingerprint density at radius 1 is 0.700 bits per heavy atom. The fraction of sp³-hybridized carbons (Fsp3) is 0.368. The van der Waals surface area contributed by atoms with Gasteiger partial charge in [-0.25, -0.2) is 0 Å². The van der Waals surface area contributed by atoms with Crippen molar-refractivity contribution in [1.29, 1.82) is 0 Å². The molecule has 2 aromatic rings. The average Bonchev–Trinajstić information content (AvgIpc) is 2.51. The molecule has 108 valence electrons. The van der Waals surface area contributed by atoms with Crippen molar-refractivity contribution < 1.29 is 0 Å². The Morgan fingerprint density at radius 2 is 1.10 bits per heavy atom. The smallest absolute Gasteiger partial charge is 0.0237 e. The Morgan fingerprint density at radius 3 is 1.45 bits per heavy atom. The Kier molecular flexibility index (Phi) is 8.41. The third-order valence-corrected chi connectivity index (χ3v) is 3.04. The summed E-state index contributed by atoms with van der Waals surface area (Å²) < 4.78 is 0. The Bertz CT molecular complexity index is 394. The molecule has 1 heteroatoms. The monoisotopic (exact) mass is 269 g/mol. The van der Waals surface area contributed by atoms with Crippen LogP contribution in [0.15, 0.2) is 60.7 Å². The number of nitrogens with zero attached hydrogens (tertiary/aromatic N) is 1. The van der Waals surface area contributed by atoms with E-state index in [0.29, 0.717) is 0 Å². The average molecular weight is 269 g/mol. The van der Waals surface area contributed by atoms with Crippen LogP contribution in [-0.4, -0.2) is 11.4 Å². The first-order chi connectivity index (χ1) is 9.88. The molecule has 1 nitrogen and oxygen atoms in total. The fourth-order valence-electron chi connectivity index (χ4n) is 2.21. The van der Waals surface area contributed by atoms with Gasteiger partial charge in [-0.15, -0.1) is 0 Å². The maximum absolute atomic E-state index is 2.50. The third-order valence-electron chi connectivity index (χ3n) is 3.04. The molecule has 2 aromatic carbocycles. The summed E-state index contributed by atoms with van der Waals surface area (Å²) in [6.07, 6.45) is 1.19. The summed E-state index contributed by atoms with van der Waals surface area (Å²) in [5, 5.41) is 0. The molecule has 0 fully saturated rings. The minimum Gasteiger partial charge on any atom is -0.295 e. The lowest BCUT2D eigenvalue weighted by Crippen LogP contribution is -2.23. The first kappa shape index (κ1) is 16.5. The molecule has 0 N–H and O–H groups in total. The van der Waals surface area contributed by atoms with Crippen molar-refractivity contribution >= 4 is 0 Å². The topological polar surface area (TPSA) is 3.24 Å². The van der Waals surface area contributed by atoms with Gasteiger partial charge in [0, 0.05) is 13.1 Å². The summed E-state index contributed by atoms with van der Waals surface area (Å²) in [6.45, 7) is 9.44. The van der Waals surface area contributed by atoms with E-state index in [-0.39, 0.29) is 0 Å². The molecule has 0 heterocycles. The number of benzene rings is 2. The predicted octanol–water partition coefficient (Wildman–Crippen LogP) is 5.13. The lowest BCUT2D eigenvalue weighted by atomic mass is 10.1. The second-order valence-electron chi connectivity index (χ2n) is 4.68. The van der Waals surface area contributed by atoms with Crippen molar-refractivity contribution in [3.63, 3.8) is 0 Å². The molecule has 0 atom stereocenters. The molecular weight excluding hydrogens is 242 g/mol. The predicted molar refractivity (Wildman–Crippen MR) is 88.6 cm³/mol. The van der Waals surface area contributed by atoms with Gasteiger partial charge in [-0.3, -0.25) is 4.90 Å². The second-order valence-corrected chi connectivity index (χ2v) is 4.68. The summed E-state index contributed by atoms with van der Waals surface area (Å²) in [7, 11) is 0. The maximum Gasteiger partial charge on any atom is 0.0237 e. The summed E-state index contributed by atoms with van der Waals surface area (Å²) in [4.78, 5) is 2.50. The van der Waals surface area contributed by atoms with Gasteiger partial charge >= 0.3 is 0 Å². The highest BCUT2D eigenvalue weighted by Gasteiger charge is 2.05. The van der Waals surface area contributed by atoms with E-state index >= 15 is 0 Å². The van der Waals surface area contributed by atoms with Crippen molar-refractivity contribution in [3.05, 3.63) is 71.8 Å². The summed E-state index contributed by atoms with van der Waals surface area (Å²) in [5.74, 6) is 0.